The molecule has 0 spiro atoms. The van der Waals surface area contributed by atoms with Gasteiger partial charge in [-0.15, -0.1) is 0 Å². The Morgan fingerprint density at radius 1 is 1.32 bits per heavy atom. The molecule has 1 aliphatic carbocycles. The van der Waals surface area contributed by atoms with E-state index in [-0.39, 0.29) is 5.91 Å². The molecule has 4 heteroatoms. The minimum Gasteiger partial charge on any atom is -0.365 e. The Labute approximate surface area is 115 Å². The van der Waals surface area contributed by atoms with Crippen LogP contribution in [-0.4, -0.2) is 48.7 Å². The lowest BCUT2D eigenvalue weighted by atomic mass is 9.95. The van der Waals surface area contributed by atoms with Crippen LogP contribution in [-0.2, 0) is 9.53 Å². The third-order valence-electron chi connectivity index (χ3n) is 4.83. The van der Waals surface area contributed by atoms with Crippen molar-refractivity contribution in [3.8, 4) is 0 Å². The summed E-state index contributed by atoms with van der Waals surface area (Å²) in [5, 5.41) is 3.40. The molecule has 1 amide bonds. The molecule has 3 rings (SSSR count). The molecule has 1 atom stereocenters. The first kappa shape index (κ1) is 13.4. The van der Waals surface area contributed by atoms with E-state index in [9.17, 15) is 4.79 Å². The molecule has 3 aliphatic rings. The fourth-order valence-electron chi connectivity index (χ4n) is 3.38. The summed E-state index contributed by atoms with van der Waals surface area (Å²) in [4.78, 5) is 15.0. The van der Waals surface area contributed by atoms with Crippen LogP contribution in [0.25, 0.3) is 0 Å². The Balaban J connectivity index is 1.64. The van der Waals surface area contributed by atoms with E-state index < -0.39 is 5.60 Å². The Hall–Kier alpha value is -0.610. The second-order valence-corrected chi connectivity index (χ2v) is 6.56. The van der Waals surface area contributed by atoms with Crippen molar-refractivity contribution in [3.63, 3.8) is 0 Å². The fourth-order valence-corrected chi connectivity index (χ4v) is 3.38. The molecule has 4 nitrogen and oxygen atoms in total. The summed E-state index contributed by atoms with van der Waals surface area (Å²) in [6, 6.07) is 0.503. The number of nitrogens with zero attached hydrogens (tertiary/aromatic N) is 1. The van der Waals surface area contributed by atoms with E-state index in [2.05, 4.69) is 10.2 Å². The van der Waals surface area contributed by atoms with E-state index in [1.54, 1.807) is 0 Å². The average Bonchev–Trinajstić information content (AvgIpc) is 3.18. The van der Waals surface area contributed by atoms with Crippen LogP contribution in [0.3, 0.4) is 0 Å². The third kappa shape index (κ3) is 2.95. The van der Waals surface area contributed by atoms with Gasteiger partial charge in [0.1, 0.15) is 5.60 Å². The Morgan fingerprint density at radius 2 is 2.05 bits per heavy atom. The molecule has 0 aromatic heterocycles. The number of carbonyl (C=O) groups excluding carboxylic acids is 1. The normalized spacial score (nSPS) is 32.5. The number of nitrogens with one attached hydrogen (secondary N) is 1. The van der Waals surface area contributed by atoms with Crippen molar-refractivity contribution in [2.75, 3.05) is 26.2 Å². The first-order chi connectivity index (χ1) is 9.19. The minimum absolute atomic E-state index is 0.256. The first-order valence-electron chi connectivity index (χ1n) is 7.85. The Kier molecular flexibility index (Phi) is 3.81. The van der Waals surface area contributed by atoms with Gasteiger partial charge in [0.15, 0.2) is 0 Å². The number of amides is 1. The van der Waals surface area contributed by atoms with Gasteiger partial charge in [0.25, 0.3) is 5.91 Å². The fraction of sp³-hybridized carbons (Fsp3) is 0.933. The van der Waals surface area contributed by atoms with Crippen LogP contribution in [0, 0.1) is 5.92 Å². The predicted octanol–water partition coefficient (Wildman–Crippen LogP) is 1.55. The number of piperidine rings is 1. The van der Waals surface area contributed by atoms with E-state index in [4.69, 9.17) is 4.74 Å². The van der Waals surface area contributed by atoms with Crippen LogP contribution >= 0.6 is 0 Å². The van der Waals surface area contributed by atoms with Crippen LogP contribution in [0.2, 0.25) is 0 Å². The second-order valence-electron chi connectivity index (χ2n) is 6.56. The summed E-state index contributed by atoms with van der Waals surface area (Å²) < 4.78 is 5.75. The van der Waals surface area contributed by atoms with Crippen LogP contribution in [0.4, 0.5) is 0 Å². The van der Waals surface area contributed by atoms with Gasteiger partial charge in [-0.1, -0.05) is 0 Å². The highest BCUT2D eigenvalue weighted by molar-refractivity contribution is 5.85. The van der Waals surface area contributed by atoms with E-state index in [1.165, 1.54) is 25.7 Å². The Bertz CT molecular complexity index is 329. The highest BCUT2D eigenvalue weighted by Gasteiger charge is 2.45. The molecule has 1 N–H and O–H groups in total. The number of carbonyl (C=O) groups is 1. The zero-order chi connectivity index (χ0) is 13.3. The van der Waals surface area contributed by atoms with Gasteiger partial charge >= 0.3 is 0 Å². The quantitative estimate of drug-likeness (QED) is 0.839. The third-order valence-corrected chi connectivity index (χ3v) is 4.83. The van der Waals surface area contributed by atoms with Crippen molar-refractivity contribution in [1.29, 1.82) is 0 Å². The molecular formula is C15H26N2O2. The van der Waals surface area contributed by atoms with Gasteiger partial charge in [-0.05, 0) is 64.5 Å². The van der Waals surface area contributed by atoms with Crippen LogP contribution in [0.15, 0.2) is 0 Å². The van der Waals surface area contributed by atoms with Crippen molar-refractivity contribution >= 4 is 5.91 Å². The topological polar surface area (TPSA) is 41.6 Å². The van der Waals surface area contributed by atoms with Crippen LogP contribution in [0.5, 0.6) is 0 Å². The smallest absolute Gasteiger partial charge is 0.254 e. The molecule has 0 aromatic rings. The number of hydrogen-bond donors (Lipinski definition) is 1. The lowest BCUT2D eigenvalue weighted by Crippen LogP contribution is -2.50. The first-order valence-corrected chi connectivity index (χ1v) is 7.85. The van der Waals surface area contributed by atoms with Crippen molar-refractivity contribution in [3.05, 3.63) is 0 Å². The largest absolute Gasteiger partial charge is 0.365 e. The molecule has 1 saturated carbocycles. The van der Waals surface area contributed by atoms with E-state index >= 15 is 0 Å². The number of hydrogen-bond acceptors (Lipinski definition) is 3. The molecule has 1 unspecified atom stereocenters. The summed E-state index contributed by atoms with van der Waals surface area (Å²) in [6.45, 7) is 5.88. The summed E-state index contributed by atoms with van der Waals surface area (Å²) in [7, 11) is 0. The lowest BCUT2D eigenvalue weighted by molar-refractivity contribution is -0.152. The SMILES string of the molecule is CC1(C(=O)N(CC2CCNCC2)C2CC2)CCCO1. The molecule has 0 radical (unpaired) electrons. The van der Waals surface area contributed by atoms with E-state index in [0.717, 1.165) is 39.1 Å². The lowest BCUT2D eigenvalue weighted by Gasteiger charge is -2.35. The maximum absolute atomic E-state index is 12.8. The predicted molar refractivity (Wildman–Crippen MR) is 73.9 cm³/mol. The summed E-state index contributed by atoms with van der Waals surface area (Å²) in [5.74, 6) is 0.932. The van der Waals surface area contributed by atoms with Crippen LogP contribution in [0.1, 0.15) is 45.4 Å². The summed E-state index contributed by atoms with van der Waals surface area (Å²) >= 11 is 0. The minimum atomic E-state index is -0.532. The number of rotatable bonds is 4. The molecule has 2 aliphatic heterocycles. The molecule has 0 bridgehead atoms. The highest BCUT2D eigenvalue weighted by atomic mass is 16.5. The maximum Gasteiger partial charge on any atom is 0.254 e. The monoisotopic (exact) mass is 266 g/mol. The molecule has 2 saturated heterocycles. The van der Waals surface area contributed by atoms with Gasteiger partial charge in [-0.25, -0.2) is 0 Å². The van der Waals surface area contributed by atoms with Crippen molar-refractivity contribution in [2.45, 2.75) is 57.1 Å². The van der Waals surface area contributed by atoms with E-state index in [1.807, 2.05) is 6.92 Å². The van der Waals surface area contributed by atoms with Gasteiger partial charge in [-0.3, -0.25) is 4.79 Å². The molecular weight excluding hydrogens is 240 g/mol. The van der Waals surface area contributed by atoms with E-state index in [0.29, 0.717) is 12.0 Å². The van der Waals surface area contributed by atoms with Gasteiger partial charge in [0.2, 0.25) is 0 Å². The zero-order valence-electron chi connectivity index (χ0n) is 12.0. The second kappa shape index (κ2) is 5.41. The summed E-state index contributed by atoms with van der Waals surface area (Å²) in [6.07, 6.45) is 6.69. The standard InChI is InChI=1S/C15H26N2O2/c1-15(7-2-10-19-15)14(18)17(13-3-4-13)11-12-5-8-16-9-6-12/h12-13,16H,2-11H2,1H3. The highest BCUT2D eigenvalue weighted by Crippen LogP contribution is 2.34. The van der Waals surface area contributed by atoms with Gasteiger partial charge in [0.05, 0.1) is 0 Å². The van der Waals surface area contributed by atoms with Gasteiger partial charge < -0.3 is 15.0 Å². The molecule has 19 heavy (non-hydrogen) atoms. The maximum atomic E-state index is 12.8. The molecule has 0 aromatic carbocycles. The van der Waals surface area contributed by atoms with Crippen molar-refractivity contribution in [2.24, 2.45) is 5.92 Å². The van der Waals surface area contributed by atoms with Gasteiger partial charge in [-0.2, -0.15) is 0 Å². The zero-order valence-corrected chi connectivity index (χ0v) is 12.0. The molecule has 3 fully saturated rings. The van der Waals surface area contributed by atoms with Crippen LogP contribution < -0.4 is 5.32 Å². The summed E-state index contributed by atoms with van der Waals surface area (Å²) in [5.41, 5.74) is -0.532. The number of ether oxygens (including phenoxy) is 1. The molecule has 2 heterocycles. The van der Waals surface area contributed by atoms with Gasteiger partial charge in [0, 0.05) is 19.2 Å². The average molecular weight is 266 g/mol. The van der Waals surface area contributed by atoms with Crippen molar-refractivity contribution in [1.82, 2.24) is 10.2 Å². The molecule has 108 valence electrons. The van der Waals surface area contributed by atoms with Crippen molar-refractivity contribution < 1.29 is 9.53 Å². The Morgan fingerprint density at radius 3 is 2.63 bits per heavy atom.